The van der Waals surface area contributed by atoms with Crippen molar-refractivity contribution in [2.24, 2.45) is 0 Å². The number of aliphatic carboxylic acids is 1. The first-order valence-corrected chi connectivity index (χ1v) is 9.67. The molecule has 1 spiro atoms. The zero-order valence-electron chi connectivity index (χ0n) is 16.5. The van der Waals surface area contributed by atoms with Gasteiger partial charge in [-0.2, -0.15) is 0 Å². The summed E-state index contributed by atoms with van der Waals surface area (Å²) in [7, 11) is 3.95. The summed E-state index contributed by atoms with van der Waals surface area (Å²) < 4.78 is 12.8. The van der Waals surface area contributed by atoms with Crippen molar-refractivity contribution in [3.05, 3.63) is 23.3 Å². The summed E-state index contributed by atoms with van der Waals surface area (Å²) in [6, 6.07) is 3.89. The van der Waals surface area contributed by atoms with Crippen molar-refractivity contribution in [3.8, 4) is 11.5 Å². The van der Waals surface area contributed by atoms with E-state index >= 15 is 0 Å². The lowest BCUT2D eigenvalue weighted by molar-refractivity contribution is -0.203. The largest absolute Gasteiger partial charge is 0.504 e. The Bertz CT molecular complexity index is 824. The summed E-state index contributed by atoms with van der Waals surface area (Å²) >= 11 is 0. The van der Waals surface area contributed by atoms with Crippen LogP contribution in [0.1, 0.15) is 30.4 Å². The highest BCUT2D eigenvalue weighted by molar-refractivity contribution is 5.85. The van der Waals surface area contributed by atoms with Crippen LogP contribution < -0.4 is 10.1 Å². The van der Waals surface area contributed by atoms with Crippen LogP contribution in [0.5, 0.6) is 11.5 Å². The Labute approximate surface area is 182 Å². The Morgan fingerprint density at radius 3 is 2.83 bits per heavy atom. The molecule has 162 valence electrons. The fourth-order valence-electron chi connectivity index (χ4n) is 6.57. The maximum atomic E-state index is 11.1. The molecule has 5 atom stereocenters. The summed E-state index contributed by atoms with van der Waals surface area (Å²) in [5.74, 6) is -0.136. The molecule has 2 fully saturated rings. The second-order valence-electron chi connectivity index (χ2n) is 8.42. The number of rotatable bonds is 4. The van der Waals surface area contributed by atoms with Crippen LogP contribution in [0.15, 0.2) is 12.1 Å². The third kappa shape index (κ3) is 2.64. The van der Waals surface area contributed by atoms with Gasteiger partial charge in [-0.25, -0.2) is 0 Å². The topological polar surface area (TPSA) is 91.3 Å². The standard InChI is InChI=1S/C20H26N2O5.2ClH/c1-22-8-7-19-16-11-3-4-13(23)17(16)27-18(19)12(21-10-15(24)25)5-6-20(19,26-2)14(22)9-11;;/h3-4,12,14,18,21,23H,5-10H2,1-2H3,(H,24,25);2*1H/t12-,14?,18-,19?,20+;;/m0../s1. The number of carboxylic acid groups (broad SMARTS) is 1. The first-order valence-electron chi connectivity index (χ1n) is 9.67. The van der Waals surface area contributed by atoms with Gasteiger partial charge in [-0.15, -0.1) is 24.8 Å². The molecule has 2 aliphatic heterocycles. The van der Waals surface area contributed by atoms with Gasteiger partial charge in [0.15, 0.2) is 11.5 Å². The average Bonchev–Trinajstić information content (AvgIpc) is 3.01. The van der Waals surface area contributed by atoms with Crippen molar-refractivity contribution in [2.45, 2.75) is 54.9 Å². The second kappa shape index (κ2) is 7.46. The van der Waals surface area contributed by atoms with Crippen LogP contribution in [-0.4, -0.2) is 72.1 Å². The molecule has 2 aliphatic carbocycles. The lowest BCUT2D eigenvalue weighted by atomic mass is 9.48. The van der Waals surface area contributed by atoms with Gasteiger partial charge in [0.05, 0.1) is 17.6 Å². The molecule has 2 bridgehead atoms. The monoisotopic (exact) mass is 446 g/mol. The number of halogens is 2. The van der Waals surface area contributed by atoms with Crippen molar-refractivity contribution in [1.82, 2.24) is 10.2 Å². The van der Waals surface area contributed by atoms with Crippen molar-refractivity contribution in [1.29, 1.82) is 0 Å². The molecule has 0 amide bonds. The van der Waals surface area contributed by atoms with E-state index in [0.29, 0.717) is 5.75 Å². The van der Waals surface area contributed by atoms with Crippen LogP contribution >= 0.6 is 24.8 Å². The number of phenolic OH excluding ortho intramolecular Hbond substituents is 1. The van der Waals surface area contributed by atoms with Crippen LogP contribution in [0, 0.1) is 0 Å². The highest BCUT2D eigenvalue weighted by atomic mass is 35.5. The van der Waals surface area contributed by atoms with Gasteiger partial charge in [0.1, 0.15) is 6.10 Å². The molecule has 0 aromatic heterocycles. The molecule has 29 heavy (non-hydrogen) atoms. The Morgan fingerprint density at radius 1 is 1.38 bits per heavy atom. The van der Waals surface area contributed by atoms with Gasteiger partial charge in [-0.05, 0) is 50.9 Å². The number of carbonyl (C=O) groups is 1. The molecule has 9 heteroatoms. The zero-order chi connectivity index (χ0) is 19.0. The number of piperidine rings is 1. The van der Waals surface area contributed by atoms with E-state index in [1.807, 2.05) is 6.07 Å². The number of likely N-dealkylation sites (tertiary alicyclic amines) is 1. The summed E-state index contributed by atoms with van der Waals surface area (Å²) in [6.45, 7) is 0.828. The average molecular weight is 447 g/mol. The maximum absolute atomic E-state index is 11.1. The molecule has 5 rings (SSSR count). The van der Waals surface area contributed by atoms with E-state index in [-0.39, 0.29) is 60.7 Å². The molecular weight excluding hydrogens is 419 g/mol. The third-order valence-corrected chi connectivity index (χ3v) is 7.57. The molecule has 1 aromatic carbocycles. The number of nitrogens with zero attached hydrogens (tertiary/aromatic N) is 1. The predicted octanol–water partition coefficient (Wildman–Crippen LogP) is 1.72. The summed E-state index contributed by atoms with van der Waals surface area (Å²) in [5, 5.41) is 22.9. The van der Waals surface area contributed by atoms with Gasteiger partial charge in [0.25, 0.3) is 0 Å². The summed E-state index contributed by atoms with van der Waals surface area (Å²) in [5.41, 5.74) is 1.56. The van der Waals surface area contributed by atoms with E-state index in [2.05, 4.69) is 17.3 Å². The van der Waals surface area contributed by atoms with Gasteiger partial charge in [0, 0.05) is 24.8 Å². The Morgan fingerprint density at radius 2 is 2.14 bits per heavy atom. The van der Waals surface area contributed by atoms with Crippen LogP contribution in [-0.2, 0) is 21.4 Å². The minimum Gasteiger partial charge on any atom is -0.504 e. The van der Waals surface area contributed by atoms with E-state index in [9.17, 15) is 9.90 Å². The van der Waals surface area contributed by atoms with Gasteiger partial charge < -0.3 is 29.9 Å². The SMILES string of the molecule is CO[C@@]12CC[C@H](NCC(=O)O)[C@@H]3Oc4c(O)ccc5c4C31CCN(C)C2C5.Cl.Cl. The third-order valence-electron chi connectivity index (χ3n) is 7.57. The molecule has 1 saturated heterocycles. The minimum atomic E-state index is -0.875. The first-order chi connectivity index (χ1) is 12.9. The number of ether oxygens (including phenoxy) is 2. The van der Waals surface area contributed by atoms with E-state index in [1.165, 1.54) is 5.56 Å². The van der Waals surface area contributed by atoms with Crippen LogP contribution in [0.25, 0.3) is 0 Å². The molecule has 1 aromatic rings. The number of hydrogen-bond acceptors (Lipinski definition) is 6. The molecule has 0 radical (unpaired) electrons. The molecule has 4 aliphatic rings. The van der Waals surface area contributed by atoms with E-state index in [0.717, 1.165) is 37.8 Å². The van der Waals surface area contributed by atoms with E-state index < -0.39 is 11.6 Å². The lowest BCUT2D eigenvalue weighted by Gasteiger charge is -2.65. The molecule has 2 unspecified atom stereocenters. The van der Waals surface area contributed by atoms with E-state index in [4.69, 9.17) is 14.6 Å². The predicted molar refractivity (Wildman–Crippen MR) is 112 cm³/mol. The number of hydrogen-bond donors (Lipinski definition) is 3. The molecule has 7 nitrogen and oxygen atoms in total. The van der Waals surface area contributed by atoms with Crippen molar-refractivity contribution >= 4 is 30.8 Å². The molecule has 2 heterocycles. The van der Waals surface area contributed by atoms with Gasteiger partial charge in [-0.3, -0.25) is 4.79 Å². The number of aromatic hydroxyl groups is 1. The van der Waals surface area contributed by atoms with Crippen molar-refractivity contribution in [2.75, 3.05) is 27.2 Å². The molecule has 3 N–H and O–H groups in total. The van der Waals surface area contributed by atoms with Gasteiger partial charge >= 0.3 is 5.97 Å². The molecule has 1 saturated carbocycles. The smallest absolute Gasteiger partial charge is 0.317 e. The van der Waals surface area contributed by atoms with Crippen LogP contribution in [0.2, 0.25) is 0 Å². The van der Waals surface area contributed by atoms with Crippen molar-refractivity contribution < 1.29 is 24.5 Å². The van der Waals surface area contributed by atoms with Crippen LogP contribution in [0.3, 0.4) is 0 Å². The van der Waals surface area contributed by atoms with Gasteiger partial charge in [-0.1, -0.05) is 6.07 Å². The number of phenols is 1. The lowest BCUT2D eigenvalue weighted by Crippen LogP contribution is -2.78. The summed E-state index contributed by atoms with van der Waals surface area (Å²) in [6.07, 6.45) is 3.11. The zero-order valence-corrected chi connectivity index (χ0v) is 18.1. The number of nitrogens with one attached hydrogen (secondary N) is 1. The second-order valence-corrected chi connectivity index (χ2v) is 8.42. The number of carboxylic acids is 1. The fraction of sp³-hybridized carbons (Fsp3) is 0.650. The fourth-order valence-corrected chi connectivity index (χ4v) is 6.57. The Kier molecular flexibility index (Phi) is 5.77. The Hall–Kier alpha value is -1.25. The number of likely N-dealkylation sites (N-methyl/N-ethyl adjacent to an activating group) is 1. The highest BCUT2D eigenvalue weighted by Crippen LogP contribution is 2.66. The number of benzene rings is 1. The van der Waals surface area contributed by atoms with Gasteiger partial charge in [0.2, 0.25) is 0 Å². The summed E-state index contributed by atoms with van der Waals surface area (Å²) in [4.78, 5) is 13.5. The van der Waals surface area contributed by atoms with Crippen molar-refractivity contribution in [3.63, 3.8) is 0 Å². The van der Waals surface area contributed by atoms with Crippen LogP contribution in [0.4, 0.5) is 0 Å². The molecular formula is C20H28Cl2N2O5. The van der Waals surface area contributed by atoms with E-state index in [1.54, 1.807) is 13.2 Å². The number of methoxy groups -OCH3 is 1. The highest BCUT2D eigenvalue weighted by Gasteiger charge is 2.73. The first kappa shape index (κ1) is 22.4. The maximum Gasteiger partial charge on any atom is 0.317 e. The minimum absolute atomic E-state index is 0. The normalized spacial score (nSPS) is 36.3. The Balaban J connectivity index is 0.00000120. The quantitative estimate of drug-likeness (QED) is 0.648.